The van der Waals surface area contributed by atoms with Crippen molar-refractivity contribution in [1.29, 1.82) is 0 Å². The number of ketones is 1. The second kappa shape index (κ2) is 7.13. The van der Waals surface area contributed by atoms with Crippen molar-refractivity contribution >= 4 is 39.8 Å². The van der Waals surface area contributed by atoms with Gasteiger partial charge in [0.25, 0.3) is 5.91 Å². The molecule has 7 heteroatoms. The van der Waals surface area contributed by atoms with E-state index in [1.54, 1.807) is 24.3 Å². The van der Waals surface area contributed by atoms with Crippen LogP contribution in [0.15, 0.2) is 24.3 Å². The van der Waals surface area contributed by atoms with E-state index >= 15 is 0 Å². The fraction of sp³-hybridized carbons (Fsp3) is 0.429. The van der Waals surface area contributed by atoms with Gasteiger partial charge in [-0.25, -0.2) is 4.98 Å². The number of Topliss-reactive ketones (excluding diaryl/α,β-unsaturated/α-hetero) is 1. The normalized spacial score (nSPS) is 15.7. The van der Waals surface area contributed by atoms with Gasteiger partial charge in [0.05, 0.1) is 10.6 Å². The van der Waals surface area contributed by atoms with Crippen LogP contribution >= 0.6 is 11.3 Å². The fourth-order valence-corrected chi connectivity index (χ4v) is 3.91. The number of aromatic nitrogens is 1. The van der Waals surface area contributed by atoms with Crippen LogP contribution in [0.3, 0.4) is 0 Å². The van der Waals surface area contributed by atoms with Crippen LogP contribution in [-0.4, -0.2) is 22.6 Å². The van der Waals surface area contributed by atoms with Crippen molar-refractivity contribution in [3.8, 4) is 0 Å². The van der Waals surface area contributed by atoms with Gasteiger partial charge in [-0.15, -0.1) is 0 Å². The van der Waals surface area contributed by atoms with Gasteiger partial charge in [0.2, 0.25) is 5.91 Å². The second-order valence-electron chi connectivity index (χ2n) is 8.97. The third-order valence-corrected chi connectivity index (χ3v) is 5.57. The largest absolute Gasteiger partial charge is 0.326 e. The molecule has 0 saturated heterocycles. The van der Waals surface area contributed by atoms with Crippen molar-refractivity contribution < 1.29 is 14.4 Å². The number of carbonyl (C=O) groups is 3. The van der Waals surface area contributed by atoms with Crippen LogP contribution in [0.2, 0.25) is 0 Å². The smallest absolute Gasteiger partial charge is 0.257 e. The maximum atomic E-state index is 12.6. The molecule has 0 radical (unpaired) electrons. The number of nitrogens with zero attached hydrogens (tertiary/aromatic N) is 1. The molecule has 0 bridgehead atoms. The number of anilines is 2. The summed E-state index contributed by atoms with van der Waals surface area (Å²) in [5.74, 6) is -0.375. The molecule has 0 unspecified atom stereocenters. The first-order valence-electron chi connectivity index (χ1n) is 9.20. The Balaban J connectivity index is 1.75. The van der Waals surface area contributed by atoms with Gasteiger partial charge in [-0.1, -0.05) is 52.0 Å². The summed E-state index contributed by atoms with van der Waals surface area (Å²) in [5, 5.41) is 6.02. The predicted octanol–water partition coefficient (Wildman–Crippen LogP) is 4.54. The van der Waals surface area contributed by atoms with Crippen molar-refractivity contribution in [2.75, 3.05) is 10.6 Å². The molecule has 1 aliphatic rings. The first kappa shape index (κ1) is 20.2. The summed E-state index contributed by atoms with van der Waals surface area (Å²) >= 11 is 1.22. The summed E-state index contributed by atoms with van der Waals surface area (Å²) in [5.41, 5.74) is 1.08. The average Bonchev–Trinajstić information content (AvgIpc) is 2.95. The number of fused-ring (bicyclic) bond motifs is 1. The van der Waals surface area contributed by atoms with Crippen molar-refractivity contribution in [3.05, 3.63) is 40.4 Å². The van der Waals surface area contributed by atoms with Gasteiger partial charge in [-0.2, -0.15) is 0 Å². The van der Waals surface area contributed by atoms with Crippen LogP contribution in [0.25, 0.3) is 0 Å². The standard InChI is InChI=1S/C21H25N3O3S/c1-20(2,3)18(27)22-13-8-6-7-12(9-13)17(26)24-19-23-14-10-21(4,5)11-15(25)16(14)28-19/h6-9H,10-11H2,1-5H3,(H,22,27)(H,23,24,26). The number of nitrogens with one attached hydrogen (secondary N) is 2. The van der Waals surface area contributed by atoms with E-state index in [2.05, 4.69) is 15.6 Å². The van der Waals surface area contributed by atoms with Crippen molar-refractivity contribution in [2.45, 2.75) is 47.5 Å². The Hall–Kier alpha value is -2.54. The highest BCUT2D eigenvalue weighted by molar-refractivity contribution is 7.17. The predicted molar refractivity (Wildman–Crippen MR) is 111 cm³/mol. The van der Waals surface area contributed by atoms with Crippen molar-refractivity contribution in [1.82, 2.24) is 4.98 Å². The van der Waals surface area contributed by atoms with E-state index in [0.29, 0.717) is 27.7 Å². The highest BCUT2D eigenvalue weighted by atomic mass is 32.1. The first-order chi connectivity index (χ1) is 12.9. The van der Waals surface area contributed by atoms with Crippen LogP contribution in [0.5, 0.6) is 0 Å². The molecule has 0 atom stereocenters. The van der Waals surface area contributed by atoms with Gasteiger partial charge in [0.1, 0.15) is 0 Å². The molecule has 1 aromatic heterocycles. The quantitative estimate of drug-likeness (QED) is 0.793. The zero-order valence-corrected chi connectivity index (χ0v) is 17.6. The lowest BCUT2D eigenvalue weighted by atomic mass is 9.78. The van der Waals surface area contributed by atoms with E-state index in [4.69, 9.17) is 0 Å². The SMILES string of the molecule is CC1(C)CC(=O)c2sc(NC(=O)c3cccc(NC(=O)C(C)(C)C)c3)nc2C1. The minimum Gasteiger partial charge on any atom is -0.326 e. The van der Waals surface area contributed by atoms with Crippen LogP contribution in [0.1, 0.15) is 66.8 Å². The fourth-order valence-electron chi connectivity index (χ4n) is 3.00. The summed E-state index contributed by atoms with van der Waals surface area (Å²) in [4.78, 5) is 42.2. The van der Waals surface area contributed by atoms with Gasteiger partial charge in [0, 0.05) is 23.1 Å². The van der Waals surface area contributed by atoms with E-state index < -0.39 is 5.41 Å². The maximum absolute atomic E-state index is 12.6. The van der Waals surface area contributed by atoms with Gasteiger partial charge < -0.3 is 5.32 Å². The molecule has 2 N–H and O–H groups in total. The summed E-state index contributed by atoms with van der Waals surface area (Å²) in [6.07, 6.45) is 1.21. The average molecular weight is 400 g/mol. The summed E-state index contributed by atoms with van der Waals surface area (Å²) in [7, 11) is 0. The molecule has 1 aromatic carbocycles. The molecule has 1 aliphatic carbocycles. The summed E-state index contributed by atoms with van der Waals surface area (Å²) < 4.78 is 0. The summed E-state index contributed by atoms with van der Waals surface area (Å²) in [6.45, 7) is 9.56. The molecule has 6 nitrogen and oxygen atoms in total. The summed E-state index contributed by atoms with van der Waals surface area (Å²) in [6, 6.07) is 6.75. The zero-order chi connectivity index (χ0) is 20.7. The molecule has 0 saturated carbocycles. The lowest BCUT2D eigenvalue weighted by Crippen LogP contribution is -2.27. The highest BCUT2D eigenvalue weighted by Gasteiger charge is 2.34. The van der Waals surface area contributed by atoms with E-state index in [-0.39, 0.29) is 23.0 Å². The molecule has 1 heterocycles. The number of amides is 2. The lowest BCUT2D eigenvalue weighted by molar-refractivity contribution is -0.123. The van der Waals surface area contributed by atoms with Crippen LogP contribution in [-0.2, 0) is 11.2 Å². The molecular weight excluding hydrogens is 374 g/mol. The van der Waals surface area contributed by atoms with Crippen LogP contribution < -0.4 is 10.6 Å². The van der Waals surface area contributed by atoms with E-state index in [1.165, 1.54) is 11.3 Å². The molecule has 148 valence electrons. The number of rotatable bonds is 3. The van der Waals surface area contributed by atoms with Crippen molar-refractivity contribution in [2.24, 2.45) is 10.8 Å². The van der Waals surface area contributed by atoms with Gasteiger partial charge in [-0.05, 0) is 30.0 Å². The van der Waals surface area contributed by atoms with Crippen LogP contribution in [0.4, 0.5) is 10.8 Å². The molecule has 2 amide bonds. The van der Waals surface area contributed by atoms with E-state index in [9.17, 15) is 14.4 Å². The number of carbonyl (C=O) groups excluding carboxylic acids is 3. The zero-order valence-electron chi connectivity index (χ0n) is 16.8. The number of thiazole rings is 1. The second-order valence-corrected chi connectivity index (χ2v) is 9.97. The highest BCUT2D eigenvalue weighted by Crippen LogP contribution is 2.38. The Morgan fingerprint density at radius 1 is 1.14 bits per heavy atom. The number of hydrogen-bond donors (Lipinski definition) is 2. The molecule has 28 heavy (non-hydrogen) atoms. The van der Waals surface area contributed by atoms with E-state index in [1.807, 2.05) is 34.6 Å². The number of hydrogen-bond acceptors (Lipinski definition) is 5. The van der Waals surface area contributed by atoms with Gasteiger partial charge >= 0.3 is 0 Å². The Morgan fingerprint density at radius 3 is 2.54 bits per heavy atom. The minimum atomic E-state index is -0.529. The Morgan fingerprint density at radius 2 is 1.86 bits per heavy atom. The lowest BCUT2D eigenvalue weighted by Gasteiger charge is -2.26. The Bertz CT molecular complexity index is 954. The van der Waals surface area contributed by atoms with Gasteiger partial charge in [-0.3, -0.25) is 19.7 Å². The molecular formula is C21H25N3O3S. The molecule has 0 fully saturated rings. The Kier molecular flexibility index (Phi) is 5.14. The molecule has 2 aromatic rings. The molecule has 0 spiro atoms. The Labute approximate surface area is 168 Å². The minimum absolute atomic E-state index is 0.0798. The molecule has 3 rings (SSSR count). The maximum Gasteiger partial charge on any atom is 0.257 e. The number of benzene rings is 1. The van der Waals surface area contributed by atoms with Crippen molar-refractivity contribution in [3.63, 3.8) is 0 Å². The van der Waals surface area contributed by atoms with E-state index in [0.717, 1.165) is 12.1 Å². The third-order valence-electron chi connectivity index (χ3n) is 4.52. The van der Waals surface area contributed by atoms with Crippen LogP contribution in [0, 0.1) is 10.8 Å². The topological polar surface area (TPSA) is 88.2 Å². The first-order valence-corrected chi connectivity index (χ1v) is 10.0. The third kappa shape index (κ3) is 4.47. The van der Waals surface area contributed by atoms with Gasteiger partial charge in [0.15, 0.2) is 10.9 Å². The molecule has 0 aliphatic heterocycles. The monoisotopic (exact) mass is 399 g/mol.